The summed E-state index contributed by atoms with van der Waals surface area (Å²) in [6.07, 6.45) is 1.38. The number of anilines is 1. The number of oxime groups is 1. The highest BCUT2D eigenvalue weighted by Gasteiger charge is 2.53. The number of aliphatic carboxylic acids is 1. The molecule has 1 saturated carbocycles. The second-order valence-electron chi connectivity index (χ2n) is 7.17. The van der Waals surface area contributed by atoms with Crippen LogP contribution in [0.4, 0.5) is 5.13 Å². The quantitative estimate of drug-likeness (QED) is 0.338. The second kappa shape index (κ2) is 10.0. The van der Waals surface area contributed by atoms with Gasteiger partial charge in [0.25, 0.3) is 11.0 Å². The summed E-state index contributed by atoms with van der Waals surface area (Å²) in [5.41, 5.74) is 5.82. The lowest BCUT2D eigenvalue weighted by Crippen LogP contribution is -2.61. The average molecular weight is 523 g/mol. The average Bonchev–Trinajstić information content (AvgIpc) is 3.50. The van der Waals surface area contributed by atoms with Crippen molar-refractivity contribution in [1.82, 2.24) is 10.3 Å². The van der Waals surface area contributed by atoms with Gasteiger partial charge in [-0.05, 0) is 12.1 Å². The minimum atomic E-state index is -1.21. The molecule has 0 bridgehead atoms. The summed E-state index contributed by atoms with van der Waals surface area (Å²) < 4.78 is 5.07. The number of Topliss-reactive ketones (excluding diaryl/α,β-unsaturated/α-hetero) is 1. The molecule has 2 aromatic heterocycles. The maximum Gasteiger partial charge on any atom is 0.332 e. The van der Waals surface area contributed by atoms with E-state index in [1.54, 1.807) is 6.07 Å². The summed E-state index contributed by atoms with van der Waals surface area (Å²) in [5, 5.41) is 17.0. The third-order valence-corrected chi connectivity index (χ3v) is 8.30. The molecule has 0 aromatic carbocycles. The molecule has 2 aliphatic rings. The van der Waals surface area contributed by atoms with E-state index in [1.807, 2.05) is 0 Å². The molecule has 1 fully saturated rings. The Hall–Kier alpha value is -3.10. The van der Waals surface area contributed by atoms with Crippen LogP contribution in [0.25, 0.3) is 0 Å². The molecule has 4 N–H and O–H groups in total. The topological polar surface area (TPSA) is 174 Å². The van der Waals surface area contributed by atoms with Crippen LogP contribution in [-0.2, 0) is 19.2 Å². The van der Waals surface area contributed by atoms with Gasteiger partial charge in [0.1, 0.15) is 18.8 Å². The first-order valence-corrected chi connectivity index (χ1v) is 12.7. The van der Waals surface area contributed by atoms with Gasteiger partial charge in [-0.3, -0.25) is 14.4 Å². The number of carbonyl (C=O) groups is 4. The van der Waals surface area contributed by atoms with Crippen LogP contribution in [0.15, 0.2) is 44.5 Å². The second-order valence-corrected chi connectivity index (χ2v) is 10.2. The molecule has 1 aliphatic carbocycles. The van der Waals surface area contributed by atoms with Crippen LogP contribution in [0.1, 0.15) is 16.2 Å². The molecule has 34 heavy (non-hydrogen) atoms. The molecule has 1 amide bonds. The molecule has 0 saturated heterocycles. The number of nitrogens with zero attached hydrogens (tertiary/aromatic N) is 2. The molecule has 4 rings (SSSR count). The number of nitrogen functional groups attached to an aromatic ring is 1. The molecule has 178 valence electrons. The monoisotopic (exact) mass is 522 g/mol. The largest absolute Gasteiger partial charge is 0.478 e. The third-order valence-electron chi connectivity index (χ3n) is 5.13. The molecule has 1 unspecified atom stereocenters. The number of nitrogens with one attached hydrogen (secondary N) is 1. The molecule has 3 heterocycles. The van der Waals surface area contributed by atoms with Crippen LogP contribution in [0.5, 0.6) is 0 Å². The summed E-state index contributed by atoms with van der Waals surface area (Å²) in [6.45, 7) is 0. The van der Waals surface area contributed by atoms with Gasteiger partial charge in [0.05, 0.1) is 11.5 Å². The van der Waals surface area contributed by atoms with E-state index in [4.69, 9.17) is 15.0 Å². The number of carboxylic acids is 1. The number of nitrogens with two attached hydrogens (primary N) is 1. The lowest BCUT2D eigenvalue weighted by atomic mass is 9.77. The van der Waals surface area contributed by atoms with Crippen LogP contribution in [0.2, 0.25) is 0 Å². The van der Waals surface area contributed by atoms with Crippen molar-refractivity contribution < 1.29 is 33.5 Å². The summed E-state index contributed by atoms with van der Waals surface area (Å²) in [4.78, 5) is 58.6. The molecular formula is C20H18N4O7S3. The first-order chi connectivity index (χ1) is 16.3. The number of aromatic nitrogens is 1. The van der Waals surface area contributed by atoms with Gasteiger partial charge < -0.3 is 25.4 Å². The normalized spacial score (nSPS) is 22.1. The van der Waals surface area contributed by atoms with Gasteiger partial charge in [-0.15, -0.1) is 11.3 Å². The summed E-state index contributed by atoms with van der Waals surface area (Å²) in [5.74, 6) is -2.17. The van der Waals surface area contributed by atoms with Gasteiger partial charge in [0.2, 0.25) is 0 Å². The lowest BCUT2D eigenvalue weighted by molar-refractivity contribution is -0.134. The molecule has 14 heteroatoms. The van der Waals surface area contributed by atoms with Crippen LogP contribution in [-0.4, -0.2) is 68.5 Å². The van der Waals surface area contributed by atoms with Crippen molar-refractivity contribution >= 4 is 68.5 Å². The first-order valence-electron chi connectivity index (χ1n) is 9.79. The van der Waals surface area contributed by atoms with Crippen molar-refractivity contribution in [1.29, 1.82) is 0 Å². The SMILES string of the molecule is CON=C(C(=O)N[C@@H]1C(=O)C2=C(C(=O)O)C(CSC(=O)c3ccco3)CS[C@@H]21)c1csc(N)n1. The zero-order valence-corrected chi connectivity index (χ0v) is 20.0. The number of hydrogen-bond acceptors (Lipinski definition) is 12. The Morgan fingerprint density at radius 1 is 1.44 bits per heavy atom. The molecule has 3 atom stereocenters. The van der Waals surface area contributed by atoms with Crippen LogP contribution in [0, 0.1) is 5.92 Å². The van der Waals surface area contributed by atoms with E-state index >= 15 is 0 Å². The number of ketones is 1. The number of fused-ring (bicyclic) bond motifs is 1. The highest BCUT2D eigenvalue weighted by atomic mass is 32.2. The van der Waals surface area contributed by atoms with Gasteiger partial charge in [-0.2, -0.15) is 11.8 Å². The summed E-state index contributed by atoms with van der Waals surface area (Å²) >= 11 is 3.42. The highest BCUT2D eigenvalue weighted by Crippen LogP contribution is 2.45. The predicted octanol–water partition coefficient (Wildman–Crippen LogP) is 1.42. The fourth-order valence-corrected chi connectivity index (χ4v) is 6.72. The minimum absolute atomic E-state index is 0.0166. The Kier molecular flexibility index (Phi) is 7.09. The van der Waals surface area contributed by atoms with E-state index in [0.717, 1.165) is 23.1 Å². The van der Waals surface area contributed by atoms with E-state index in [0.29, 0.717) is 5.75 Å². The standard InChI is InChI=1S/C20H18N4O7S3/c1-30-24-13(9-7-34-20(21)22-9)17(26)23-14-15(25)12-11(18(27)28)8(5-32-16(12)14)6-33-19(29)10-3-2-4-31-10/h2-4,7-8,14,16H,5-6H2,1H3,(H2,21,22)(H,23,26)(H,27,28)/t8?,14-,16+/m1/s1. The number of furan rings is 1. The van der Waals surface area contributed by atoms with Crippen LogP contribution >= 0.6 is 34.9 Å². The van der Waals surface area contributed by atoms with E-state index in [9.17, 15) is 24.3 Å². The zero-order valence-electron chi connectivity index (χ0n) is 17.5. The number of amides is 1. The van der Waals surface area contributed by atoms with Crippen molar-refractivity contribution in [3.63, 3.8) is 0 Å². The Labute approximate surface area is 205 Å². The number of thioether (sulfide) groups is 2. The van der Waals surface area contributed by atoms with Gasteiger partial charge in [0, 0.05) is 33.9 Å². The number of carbonyl (C=O) groups excluding carboxylic acids is 3. The minimum Gasteiger partial charge on any atom is -0.478 e. The number of hydrogen-bond donors (Lipinski definition) is 3. The van der Waals surface area contributed by atoms with Crippen molar-refractivity contribution in [3.05, 3.63) is 46.4 Å². The van der Waals surface area contributed by atoms with E-state index in [1.165, 1.54) is 36.6 Å². The molecule has 11 nitrogen and oxygen atoms in total. The van der Waals surface area contributed by atoms with E-state index in [-0.39, 0.29) is 44.3 Å². The molecule has 0 spiro atoms. The third kappa shape index (κ3) is 4.60. The fourth-order valence-electron chi connectivity index (χ4n) is 3.61. The number of thiazole rings is 1. The Bertz CT molecular complexity index is 1200. The Balaban J connectivity index is 1.48. The van der Waals surface area contributed by atoms with Crippen molar-refractivity contribution in [2.75, 3.05) is 24.3 Å². The van der Waals surface area contributed by atoms with Gasteiger partial charge in [-0.25, -0.2) is 9.78 Å². The fraction of sp³-hybridized carbons (Fsp3) is 0.300. The summed E-state index contributed by atoms with van der Waals surface area (Å²) in [7, 11) is 1.27. The van der Waals surface area contributed by atoms with Gasteiger partial charge >= 0.3 is 5.97 Å². The van der Waals surface area contributed by atoms with Crippen LogP contribution in [0.3, 0.4) is 0 Å². The highest BCUT2D eigenvalue weighted by molar-refractivity contribution is 8.14. The maximum absolute atomic E-state index is 12.9. The number of carboxylic acid groups (broad SMARTS) is 1. The smallest absolute Gasteiger partial charge is 0.332 e. The van der Waals surface area contributed by atoms with Crippen LogP contribution < -0.4 is 11.1 Å². The van der Waals surface area contributed by atoms with E-state index < -0.39 is 34.9 Å². The number of rotatable bonds is 8. The molecule has 1 aliphatic heterocycles. The van der Waals surface area contributed by atoms with Gasteiger partial charge in [0.15, 0.2) is 22.4 Å². The summed E-state index contributed by atoms with van der Waals surface area (Å²) in [6, 6.07) is 2.20. The zero-order chi connectivity index (χ0) is 24.4. The molecule has 2 aromatic rings. The van der Waals surface area contributed by atoms with Crippen molar-refractivity contribution in [2.24, 2.45) is 11.1 Å². The Morgan fingerprint density at radius 2 is 2.24 bits per heavy atom. The molecule has 0 radical (unpaired) electrons. The van der Waals surface area contributed by atoms with E-state index in [2.05, 4.69) is 15.5 Å². The van der Waals surface area contributed by atoms with Crippen molar-refractivity contribution in [3.8, 4) is 0 Å². The maximum atomic E-state index is 12.9. The predicted molar refractivity (Wildman–Crippen MR) is 127 cm³/mol. The first kappa shape index (κ1) is 24.0. The Morgan fingerprint density at radius 3 is 2.85 bits per heavy atom. The van der Waals surface area contributed by atoms with Gasteiger partial charge in [-0.1, -0.05) is 16.9 Å². The lowest BCUT2D eigenvalue weighted by Gasteiger charge is -2.43. The van der Waals surface area contributed by atoms with Crippen molar-refractivity contribution in [2.45, 2.75) is 11.3 Å². The molecular weight excluding hydrogens is 504 g/mol.